The number of benzene rings is 1. The van der Waals surface area contributed by atoms with Crippen molar-refractivity contribution in [2.75, 3.05) is 125 Å². The van der Waals surface area contributed by atoms with E-state index in [-0.39, 0.29) is 12.5 Å². The average Bonchev–Trinajstić information content (AvgIpc) is 3.02. The van der Waals surface area contributed by atoms with E-state index in [2.05, 4.69) is 49.7 Å². The smallest absolute Gasteiger partial charge is 0.271 e. The molecule has 1 aromatic heterocycles. The van der Waals surface area contributed by atoms with Crippen LogP contribution in [0.5, 0.6) is 0 Å². The van der Waals surface area contributed by atoms with Crippen molar-refractivity contribution in [3.63, 3.8) is 0 Å². The van der Waals surface area contributed by atoms with Crippen LogP contribution < -0.4 is 5.32 Å². The van der Waals surface area contributed by atoms with Gasteiger partial charge in [-0.25, -0.2) is 4.98 Å². The second kappa shape index (κ2) is 25.7. The molecule has 0 saturated heterocycles. The number of aromatic nitrogens is 2. The molecule has 1 amide bonds. The molecule has 1 heterocycles. The molecule has 2 rings (SSSR count). The number of aliphatic hydroxyl groups excluding tert-OH is 1. The van der Waals surface area contributed by atoms with E-state index in [4.69, 9.17) is 38.3 Å². The van der Waals surface area contributed by atoms with E-state index < -0.39 is 0 Å². The molecule has 0 radical (unpaired) electrons. The number of aliphatic hydroxyl groups is 1. The second-order valence-electron chi connectivity index (χ2n) is 9.09. The molecule has 0 unspecified atom stereocenters. The normalized spacial score (nSPS) is 11.5. The van der Waals surface area contributed by atoms with E-state index in [9.17, 15) is 4.79 Å². The zero-order valence-corrected chi connectivity index (χ0v) is 27.3. The lowest BCUT2D eigenvalue weighted by Crippen LogP contribution is -2.37. The zero-order chi connectivity index (χ0) is 30.8. The minimum absolute atomic E-state index is 0.0229. The van der Waals surface area contributed by atoms with E-state index in [1.165, 1.54) is 6.20 Å². The average molecular weight is 723 g/mol. The molecular weight excluding hydrogens is 675 g/mol. The molecule has 0 saturated carbocycles. The van der Waals surface area contributed by atoms with Gasteiger partial charge >= 0.3 is 0 Å². The molecule has 0 aliphatic rings. The van der Waals surface area contributed by atoms with Crippen molar-refractivity contribution in [2.45, 2.75) is 6.92 Å². The van der Waals surface area contributed by atoms with Gasteiger partial charge in [-0.1, -0.05) is 6.92 Å². The van der Waals surface area contributed by atoms with Crippen molar-refractivity contribution < 1.29 is 43.1 Å². The minimum atomic E-state index is -0.226. The highest BCUT2D eigenvalue weighted by Gasteiger charge is 2.10. The van der Waals surface area contributed by atoms with Gasteiger partial charge in [-0.05, 0) is 47.3 Å². The quantitative estimate of drug-likeness (QED) is 0.0969. The Hall–Kier alpha value is -1.60. The molecule has 13 nitrogen and oxygen atoms in total. The van der Waals surface area contributed by atoms with Crippen LogP contribution in [0.4, 0.5) is 0 Å². The van der Waals surface area contributed by atoms with Gasteiger partial charge in [-0.2, -0.15) is 0 Å². The maximum absolute atomic E-state index is 12.5. The van der Waals surface area contributed by atoms with E-state index in [0.717, 1.165) is 22.2 Å². The Labute approximate surface area is 268 Å². The van der Waals surface area contributed by atoms with Crippen molar-refractivity contribution in [3.05, 3.63) is 33.7 Å². The molecule has 0 spiro atoms. The summed E-state index contributed by atoms with van der Waals surface area (Å²) in [7, 11) is 0. The summed E-state index contributed by atoms with van der Waals surface area (Å²) in [5, 5.41) is 11.5. The van der Waals surface area contributed by atoms with Crippen LogP contribution in [0.15, 0.2) is 24.4 Å². The number of nitrogens with zero attached hydrogens (tertiary/aromatic N) is 3. The summed E-state index contributed by atoms with van der Waals surface area (Å²) in [5.74, 6) is -0.226. The lowest BCUT2D eigenvalue weighted by atomic mass is 10.3. The monoisotopic (exact) mass is 722 g/mol. The Bertz CT molecular complexity index is 992. The summed E-state index contributed by atoms with van der Waals surface area (Å²) < 4.78 is 39.1. The van der Waals surface area contributed by atoms with Crippen LogP contribution in [0.25, 0.3) is 11.0 Å². The van der Waals surface area contributed by atoms with Crippen molar-refractivity contribution in [2.24, 2.45) is 0 Å². The van der Waals surface area contributed by atoms with Crippen LogP contribution in [0.2, 0.25) is 0 Å². The van der Waals surface area contributed by atoms with Crippen LogP contribution in [-0.4, -0.2) is 151 Å². The third kappa shape index (κ3) is 18.7. The summed E-state index contributed by atoms with van der Waals surface area (Å²) in [6.45, 7) is 11.9. The third-order valence-electron chi connectivity index (χ3n) is 5.92. The molecule has 2 aromatic rings. The maximum Gasteiger partial charge on any atom is 0.271 e. The first-order chi connectivity index (χ1) is 21.1. The van der Waals surface area contributed by atoms with Gasteiger partial charge in [0.25, 0.3) is 5.91 Å². The Morgan fingerprint density at radius 2 is 1.28 bits per heavy atom. The first-order valence-corrected chi connectivity index (χ1v) is 15.8. The van der Waals surface area contributed by atoms with Crippen molar-refractivity contribution in [1.29, 1.82) is 0 Å². The van der Waals surface area contributed by atoms with Gasteiger partial charge in [-0.15, -0.1) is 0 Å². The van der Waals surface area contributed by atoms with Crippen molar-refractivity contribution in [3.8, 4) is 0 Å². The van der Waals surface area contributed by atoms with E-state index in [1.54, 1.807) is 0 Å². The van der Waals surface area contributed by atoms with Gasteiger partial charge in [0.1, 0.15) is 5.69 Å². The van der Waals surface area contributed by atoms with Crippen molar-refractivity contribution in [1.82, 2.24) is 20.2 Å². The first kappa shape index (κ1) is 37.6. The fourth-order valence-corrected chi connectivity index (χ4v) is 4.09. The van der Waals surface area contributed by atoms with Crippen LogP contribution in [0.1, 0.15) is 17.4 Å². The highest BCUT2D eigenvalue weighted by Crippen LogP contribution is 2.13. The number of hydrogen-bond acceptors (Lipinski definition) is 12. The van der Waals surface area contributed by atoms with Gasteiger partial charge in [0.2, 0.25) is 0 Å². The van der Waals surface area contributed by atoms with Gasteiger partial charge in [0.05, 0.1) is 116 Å². The minimum Gasteiger partial charge on any atom is -0.394 e. The third-order valence-corrected chi connectivity index (χ3v) is 6.59. The van der Waals surface area contributed by atoms with Crippen LogP contribution >= 0.6 is 22.6 Å². The van der Waals surface area contributed by atoms with Gasteiger partial charge in [0, 0.05) is 23.2 Å². The largest absolute Gasteiger partial charge is 0.394 e. The Morgan fingerprint density at radius 1 is 0.767 bits per heavy atom. The van der Waals surface area contributed by atoms with Gasteiger partial charge in [-0.3, -0.25) is 14.7 Å². The van der Waals surface area contributed by atoms with E-state index in [1.807, 2.05) is 18.2 Å². The summed E-state index contributed by atoms with van der Waals surface area (Å²) in [5.41, 5.74) is 1.80. The molecule has 0 bridgehead atoms. The Balaban J connectivity index is 1.33. The SMILES string of the molecule is CCN(CCNC(=O)c1cnc2cc(I)ccc2n1)CCOCCOCCOCCOCCOCCOCCOCCO. The fourth-order valence-electron chi connectivity index (χ4n) is 3.62. The van der Waals surface area contributed by atoms with Gasteiger partial charge in [0.15, 0.2) is 0 Å². The predicted octanol–water partition coefficient (Wildman–Crippen LogP) is 1.39. The number of hydrogen-bond donors (Lipinski definition) is 2. The van der Waals surface area contributed by atoms with E-state index >= 15 is 0 Å². The zero-order valence-electron chi connectivity index (χ0n) is 25.2. The van der Waals surface area contributed by atoms with Crippen LogP contribution in [-0.2, 0) is 33.2 Å². The summed E-state index contributed by atoms with van der Waals surface area (Å²) in [6, 6.07) is 5.76. The maximum atomic E-state index is 12.5. The summed E-state index contributed by atoms with van der Waals surface area (Å²) in [4.78, 5) is 23.5. The molecule has 0 fully saturated rings. The number of amides is 1. The topological polar surface area (TPSA) is 143 Å². The number of likely N-dealkylation sites (N-methyl/N-ethyl adjacent to an activating group) is 1. The van der Waals surface area contributed by atoms with Crippen LogP contribution in [0.3, 0.4) is 0 Å². The second-order valence-corrected chi connectivity index (χ2v) is 10.3. The predicted molar refractivity (Wildman–Crippen MR) is 170 cm³/mol. The summed E-state index contributed by atoms with van der Waals surface area (Å²) >= 11 is 2.22. The molecule has 0 atom stereocenters. The van der Waals surface area contributed by atoms with Crippen LogP contribution in [0, 0.1) is 3.57 Å². The molecular formula is C29H47IN4O9. The highest BCUT2D eigenvalue weighted by atomic mass is 127. The molecule has 0 aliphatic heterocycles. The number of nitrogens with one attached hydrogen (secondary N) is 1. The number of ether oxygens (including phenoxy) is 7. The Kier molecular flexibility index (Phi) is 22.5. The fraction of sp³-hybridized carbons (Fsp3) is 0.690. The van der Waals surface area contributed by atoms with Gasteiger partial charge < -0.3 is 43.6 Å². The molecule has 2 N–H and O–H groups in total. The Morgan fingerprint density at radius 3 is 1.79 bits per heavy atom. The number of carbonyl (C=O) groups excluding carboxylic acids is 1. The molecule has 43 heavy (non-hydrogen) atoms. The molecule has 244 valence electrons. The number of fused-ring (bicyclic) bond motifs is 1. The van der Waals surface area contributed by atoms with E-state index in [0.29, 0.717) is 117 Å². The lowest BCUT2D eigenvalue weighted by Gasteiger charge is -2.20. The lowest BCUT2D eigenvalue weighted by molar-refractivity contribution is -0.0219. The number of halogens is 1. The molecule has 0 aliphatic carbocycles. The highest BCUT2D eigenvalue weighted by molar-refractivity contribution is 14.1. The number of carbonyl (C=O) groups is 1. The molecule has 14 heteroatoms. The number of rotatable bonds is 28. The summed E-state index contributed by atoms with van der Waals surface area (Å²) in [6.07, 6.45) is 1.52. The van der Waals surface area contributed by atoms with Crippen molar-refractivity contribution >= 4 is 39.5 Å². The standard InChI is InChI=1S/C29H47IN4O9/c1-2-34(6-5-31-29(36)28-24-32-27-23-25(30)3-4-26(27)33-28)7-9-37-11-13-39-15-17-41-19-21-43-22-20-42-18-16-40-14-12-38-10-8-35/h3-4,23-24,35H,2,5-22H2,1H3,(H,31,36). The first-order valence-electron chi connectivity index (χ1n) is 14.7. The molecule has 1 aromatic carbocycles.